The summed E-state index contributed by atoms with van der Waals surface area (Å²) in [5.41, 5.74) is 0. The summed E-state index contributed by atoms with van der Waals surface area (Å²) >= 11 is 0. The van der Waals surface area contributed by atoms with Gasteiger partial charge < -0.3 is 14.2 Å². The Labute approximate surface area is 487 Å². The van der Waals surface area contributed by atoms with Gasteiger partial charge in [0.2, 0.25) is 0 Å². The first kappa shape index (κ1) is 74.3. The fourth-order valence-electron chi connectivity index (χ4n) is 8.47. The Kier molecular flexibility index (Phi) is 61.9. The monoisotopic (exact) mass is 1090 g/mol. The highest BCUT2D eigenvalue weighted by atomic mass is 16.6. The van der Waals surface area contributed by atoms with E-state index in [1.54, 1.807) is 0 Å². The van der Waals surface area contributed by atoms with Crippen molar-refractivity contribution < 1.29 is 28.6 Å². The second-order valence-electron chi connectivity index (χ2n) is 20.9. The summed E-state index contributed by atoms with van der Waals surface area (Å²) in [6, 6.07) is 0. The van der Waals surface area contributed by atoms with Crippen LogP contribution in [-0.2, 0) is 28.6 Å². The van der Waals surface area contributed by atoms with Crippen molar-refractivity contribution in [3.63, 3.8) is 0 Å². The molecular formula is C73H118O6. The number of rotatable bonds is 57. The number of hydrogen-bond donors (Lipinski definition) is 0. The van der Waals surface area contributed by atoms with Gasteiger partial charge in [-0.05, 0) is 141 Å². The number of hydrogen-bond acceptors (Lipinski definition) is 6. The molecule has 0 saturated heterocycles. The number of carbonyl (C=O) groups is 3. The Morgan fingerprint density at radius 1 is 0.266 bits per heavy atom. The molecule has 0 heterocycles. The highest BCUT2D eigenvalue weighted by molar-refractivity contribution is 5.71. The summed E-state index contributed by atoms with van der Waals surface area (Å²) in [4.78, 5) is 38.3. The summed E-state index contributed by atoms with van der Waals surface area (Å²) in [6.45, 7) is 6.44. The molecule has 0 saturated carbocycles. The van der Waals surface area contributed by atoms with Crippen LogP contribution in [0.5, 0.6) is 0 Å². The molecule has 0 radical (unpaired) electrons. The molecule has 6 nitrogen and oxygen atoms in total. The fraction of sp³-hybridized carbons (Fsp3) is 0.630. The van der Waals surface area contributed by atoms with Gasteiger partial charge in [0.15, 0.2) is 6.10 Å². The van der Waals surface area contributed by atoms with Gasteiger partial charge in [0, 0.05) is 19.3 Å². The van der Waals surface area contributed by atoms with E-state index >= 15 is 0 Å². The smallest absolute Gasteiger partial charge is 0.306 e. The summed E-state index contributed by atoms with van der Waals surface area (Å²) in [6.07, 6.45) is 94.2. The maximum Gasteiger partial charge on any atom is 0.306 e. The number of unbranched alkanes of at least 4 members (excludes halogenated alkanes) is 22. The van der Waals surface area contributed by atoms with Crippen LogP contribution in [0.2, 0.25) is 0 Å². The molecule has 0 aliphatic rings. The lowest BCUT2D eigenvalue weighted by Gasteiger charge is -2.18. The van der Waals surface area contributed by atoms with Crippen LogP contribution in [0, 0.1) is 0 Å². The topological polar surface area (TPSA) is 78.9 Å². The lowest BCUT2D eigenvalue weighted by atomic mass is 10.1. The van der Waals surface area contributed by atoms with E-state index in [1.165, 1.54) is 103 Å². The van der Waals surface area contributed by atoms with Gasteiger partial charge in [0.25, 0.3) is 0 Å². The van der Waals surface area contributed by atoms with Gasteiger partial charge in [-0.1, -0.05) is 263 Å². The molecule has 446 valence electrons. The standard InChI is InChI=1S/C73H118O6/c1-4-7-10-13-16-19-22-25-28-30-32-33-34-35-36-37-38-39-40-41-42-44-45-48-51-54-57-60-63-66-72(75)78-69-70(68-77-71(74)65-62-59-56-53-50-47-27-24-21-18-15-12-9-6-3)79-73(76)67-64-61-58-55-52-49-46-43-31-29-26-23-20-17-14-11-8-5-2/h7,10,16,19-20,23-25,27-29,31-33,35-36,38-39,41-42,45,48,54,57,70H,4-6,8-9,11-15,17-18,21-22,26,30,34,37,40,43-44,46-47,49-53,55-56,58-69H2,1-3H3/b10-7-,19-16-,23-20-,27-24-,28-25-,31-29-,33-32-,36-35-,39-38-,42-41-,48-45-,57-54-. The van der Waals surface area contributed by atoms with E-state index in [2.05, 4.69) is 167 Å². The Morgan fingerprint density at radius 2 is 0.506 bits per heavy atom. The van der Waals surface area contributed by atoms with Gasteiger partial charge in [-0.25, -0.2) is 0 Å². The van der Waals surface area contributed by atoms with Crippen LogP contribution in [0.25, 0.3) is 0 Å². The molecular weight excluding hydrogens is 973 g/mol. The van der Waals surface area contributed by atoms with Crippen molar-refractivity contribution in [3.05, 3.63) is 146 Å². The minimum Gasteiger partial charge on any atom is -0.462 e. The minimum absolute atomic E-state index is 0.108. The second-order valence-corrected chi connectivity index (χ2v) is 20.9. The van der Waals surface area contributed by atoms with Gasteiger partial charge in [0.05, 0.1) is 0 Å². The molecule has 0 spiro atoms. The summed E-state index contributed by atoms with van der Waals surface area (Å²) in [5.74, 6) is -0.986. The second kappa shape index (κ2) is 65.8. The molecule has 0 amide bonds. The van der Waals surface area contributed by atoms with Crippen LogP contribution in [0.15, 0.2) is 146 Å². The van der Waals surface area contributed by atoms with Crippen LogP contribution < -0.4 is 0 Å². The van der Waals surface area contributed by atoms with Crippen molar-refractivity contribution >= 4 is 17.9 Å². The molecule has 79 heavy (non-hydrogen) atoms. The molecule has 6 heteroatoms. The lowest BCUT2D eigenvalue weighted by Crippen LogP contribution is -2.30. The number of carbonyl (C=O) groups excluding carboxylic acids is 3. The van der Waals surface area contributed by atoms with Crippen molar-refractivity contribution in [1.29, 1.82) is 0 Å². The van der Waals surface area contributed by atoms with E-state index in [-0.39, 0.29) is 37.5 Å². The van der Waals surface area contributed by atoms with Gasteiger partial charge >= 0.3 is 17.9 Å². The zero-order valence-electron chi connectivity index (χ0n) is 51.1. The fourth-order valence-corrected chi connectivity index (χ4v) is 8.47. The van der Waals surface area contributed by atoms with Crippen LogP contribution in [0.1, 0.15) is 278 Å². The lowest BCUT2D eigenvalue weighted by molar-refractivity contribution is -0.167. The zero-order valence-corrected chi connectivity index (χ0v) is 51.1. The molecule has 0 aliphatic carbocycles. The van der Waals surface area contributed by atoms with Crippen molar-refractivity contribution in [2.24, 2.45) is 0 Å². The Morgan fingerprint density at radius 3 is 0.848 bits per heavy atom. The maximum absolute atomic E-state index is 12.9. The van der Waals surface area contributed by atoms with Crippen molar-refractivity contribution in [1.82, 2.24) is 0 Å². The van der Waals surface area contributed by atoms with Crippen molar-refractivity contribution in [2.75, 3.05) is 13.2 Å². The van der Waals surface area contributed by atoms with Gasteiger partial charge in [-0.15, -0.1) is 0 Å². The third-order valence-corrected chi connectivity index (χ3v) is 13.3. The predicted molar refractivity (Wildman–Crippen MR) is 343 cm³/mol. The van der Waals surface area contributed by atoms with Crippen LogP contribution in [0.4, 0.5) is 0 Å². The summed E-state index contributed by atoms with van der Waals surface area (Å²) in [7, 11) is 0. The zero-order chi connectivity index (χ0) is 57.1. The molecule has 1 unspecified atom stereocenters. The van der Waals surface area contributed by atoms with Crippen LogP contribution in [0.3, 0.4) is 0 Å². The molecule has 0 aromatic heterocycles. The first-order valence-electron chi connectivity index (χ1n) is 32.3. The van der Waals surface area contributed by atoms with Gasteiger partial charge in [0.1, 0.15) is 13.2 Å². The van der Waals surface area contributed by atoms with Gasteiger partial charge in [-0.3, -0.25) is 14.4 Å². The van der Waals surface area contributed by atoms with E-state index in [0.29, 0.717) is 19.3 Å². The third-order valence-electron chi connectivity index (χ3n) is 13.3. The van der Waals surface area contributed by atoms with E-state index in [0.717, 1.165) is 128 Å². The van der Waals surface area contributed by atoms with Crippen molar-refractivity contribution in [3.8, 4) is 0 Å². The Hall–Kier alpha value is -4.71. The van der Waals surface area contributed by atoms with Gasteiger partial charge in [-0.2, -0.15) is 0 Å². The SMILES string of the molecule is CC/C=C\C/C=C\C/C=C\C/C=C\C/C=C\C/C=C\C/C=C\C/C=C\C/C=C\CCCC(=O)OCC(COC(=O)CCCCCCC/C=C\CCCCCCC)OC(=O)CCCCCCCCC/C=C\C/C=C\CCCCCC. The molecule has 0 aromatic rings. The maximum atomic E-state index is 12.9. The largest absolute Gasteiger partial charge is 0.462 e. The highest BCUT2D eigenvalue weighted by Crippen LogP contribution is 2.14. The molecule has 0 aliphatic heterocycles. The molecule has 0 bridgehead atoms. The normalized spacial score (nSPS) is 13.1. The van der Waals surface area contributed by atoms with Crippen LogP contribution in [-0.4, -0.2) is 37.2 Å². The molecule has 0 rings (SSSR count). The number of esters is 3. The first-order chi connectivity index (χ1) is 39.0. The predicted octanol–water partition coefficient (Wildman–Crippen LogP) is 22.3. The first-order valence-corrected chi connectivity index (χ1v) is 32.3. The summed E-state index contributed by atoms with van der Waals surface area (Å²) < 4.78 is 16.9. The summed E-state index contributed by atoms with van der Waals surface area (Å²) in [5, 5.41) is 0. The molecule has 0 fully saturated rings. The van der Waals surface area contributed by atoms with E-state index < -0.39 is 6.10 Å². The average molecular weight is 1090 g/mol. The van der Waals surface area contributed by atoms with Crippen LogP contribution >= 0.6 is 0 Å². The molecule has 0 aromatic carbocycles. The Bertz CT molecular complexity index is 1730. The number of ether oxygens (including phenoxy) is 3. The quantitative estimate of drug-likeness (QED) is 0.0261. The molecule has 0 N–H and O–H groups in total. The average Bonchev–Trinajstić information content (AvgIpc) is 3.45. The molecule has 1 atom stereocenters. The van der Waals surface area contributed by atoms with Crippen molar-refractivity contribution in [2.45, 2.75) is 284 Å². The highest BCUT2D eigenvalue weighted by Gasteiger charge is 2.19. The minimum atomic E-state index is -0.816. The third kappa shape index (κ3) is 64.0. The van der Waals surface area contributed by atoms with E-state index in [9.17, 15) is 14.4 Å². The van der Waals surface area contributed by atoms with E-state index in [4.69, 9.17) is 14.2 Å². The number of allylic oxidation sites excluding steroid dienone is 24. The Balaban J connectivity index is 4.48. The van der Waals surface area contributed by atoms with E-state index in [1.807, 2.05) is 0 Å².